The normalized spacial score (nSPS) is 23.7. The molecule has 1 aromatic heterocycles. The zero-order valence-electron chi connectivity index (χ0n) is 19.2. The van der Waals surface area contributed by atoms with Gasteiger partial charge >= 0.3 is 6.18 Å². The van der Waals surface area contributed by atoms with Crippen molar-refractivity contribution in [3.05, 3.63) is 66.4 Å². The summed E-state index contributed by atoms with van der Waals surface area (Å²) in [6.07, 6.45) is 4.34. The first-order valence-electron chi connectivity index (χ1n) is 12.3. The lowest BCUT2D eigenvalue weighted by atomic mass is 9.89. The second kappa shape index (κ2) is 9.82. The molecule has 5 rings (SSSR count). The molecule has 2 aliphatic rings. The van der Waals surface area contributed by atoms with E-state index in [0.717, 1.165) is 55.7 Å². The third kappa shape index (κ3) is 5.30. The van der Waals surface area contributed by atoms with E-state index < -0.39 is 11.7 Å². The molecule has 0 bridgehead atoms. The van der Waals surface area contributed by atoms with E-state index in [1.54, 1.807) is 12.1 Å². The van der Waals surface area contributed by atoms with Crippen molar-refractivity contribution in [1.82, 2.24) is 10.3 Å². The van der Waals surface area contributed by atoms with Gasteiger partial charge in [0.25, 0.3) is 0 Å². The first kappa shape index (κ1) is 23.0. The van der Waals surface area contributed by atoms with Crippen LogP contribution in [0.15, 0.2) is 60.8 Å². The van der Waals surface area contributed by atoms with Crippen LogP contribution in [0.25, 0.3) is 10.8 Å². The van der Waals surface area contributed by atoms with Gasteiger partial charge in [0.2, 0.25) is 0 Å². The van der Waals surface area contributed by atoms with Crippen LogP contribution < -0.4 is 15.5 Å². The van der Waals surface area contributed by atoms with E-state index in [1.807, 2.05) is 18.3 Å². The molecule has 3 aromatic rings. The summed E-state index contributed by atoms with van der Waals surface area (Å²) in [6, 6.07) is 16.9. The van der Waals surface area contributed by atoms with Gasteiger partial charge < -0.3 is 15.5 Å². The van der Waals surface area contributed by atoms with E-state index in [9.17, 15) is 13.2 Å². The molecule has 1 saturated heterocycles. The van der Waals surface area contributed by atoms with Crippen LogP contribution in [0, 0.1) is 0 Å². The Morgan fingerprint density at radius 1 is 0.853 bits per heavy atom. The topological polar surface area (TPSA) is 40.2 Å². The Kier molecular flexibility index (Phi) is 6.63. The highest BCUT2D eigenvalue weighted by molar-refractivity contribution is 5.83. The number of nitrogens with one attached hydrogen (secondary N) is 2. The molecule has 0 spiro atoms. The molecule has 0 radical (unpaired) electrons. The monoisotopic (exact) mass is 468 g/mol. The molecule has 1 aliphatic heterocycles. The molecular formula is C27H31F3N4. The largest absolute Gasteiger partial charge is 0.416 e. The maximum Gasteiger partial charge on any atom is 0.416 e. The van der Waals surface area contributed by atoms with Crippen molar-refractivity contribution in [2.45, 2.75) is 62.8 Å². The van der Waals surface area contributed by atoms with Gasteiger partial charge in [0.05, 0.1) is 5.56 Å². The predicted molar refractivity (Wildman–Crippen MR) is 131 cm³/mol. The van der Waals surface area contributed by atoms with Crippen LogP contribution >= 0.6 is 0 Å². The Labute approximate surface area is 198 Å². The summed E-state index contributed by atoms with van der Waals surface area (Å²) < 4.78 is 38.8. The van der Waals surface area contributed by atoms with E-state index in [1.165, 1.54) is 30.4 Å². The number of hydrogen-bond donors (Lipinski definition) is 2. The lowest BCUT2D eigenvalue weighted by Gasteiger charge is -2.40. The maximum absolute atomic E-state index is 12.9. The number of benzene rings is 2. The number of rotatable bonds is 5. The number of piperidine rings is 1. The summed E-state index contributed by atoms with van der Waals surface area (Å²) in [7, 11) is 0. The summed E-state index contributed by atoms with van der Waals surface area (Å²) in [4.78, 5) is 6.84. The summed E-state index contributed by atoms with van der Waals surface area (Å²) in [5.74, 6) is 0.910. The summed E-state index contributed by atoms with van der Waals surface area (Å²) in [5, 5.41) is 9.89. The Hall–Kier alpha value is -2.80. The van der Waals surface area contributed by atoms with Gasteiger partial charge in [0.1, 0.15) is 5.82 Å². The van der Waals surface area contributed by atoms with Gasteiger partial charge in [-0.25, -0.2) is 4.98 Å². The SMILES string of the molecule is FC(F)(F)c1ccc(N2CCC[C@H](N[C@@H]3CCCC[C@H]3Nc3cc4ccccc4cn3)C2)cc1. The van der Waals surface area contributed by atoms with E-state index in [-0.39, 0.29) is 0 Å². The first-order valence-corrected chi connectivity index (χ1v) is 12.3. The number of anilines is 2. The number of aromatic nitrogens is 1. The minimum Gasteiger partial charge on any atom is -0.370 e. The zero-order chi connectivity index (χ0) is 23.5. The van der Waals surface area contributed by atoms with Crippen LogP contribution in [0.2, 0.25) is 0 Å². The molecule has 2 fully saturated rings. The Morgan fingerprint density at radius 3 is 2.35 bits per heavy atom. The van der Waals surface area contributed by atoms with Crippen LogP contribution in [-0.4, -0.2) is 36.2 Å². The number of hydrogen-bond acceptors (Lipinski definition) is 4. The summed E-state index contributed by atoms with van der Waals surface area (Å²) in [6.45, 7) is 1.68. The van der Waals surface area contributed by atoms with Crippen LogP contribution in [0.3, 0.4) is 0 Å². The molecule has 34 heavy (non-hydrogen) atoms. The van der Waals surface area contributed by atoms with Crippen molar-refractivity contribution in [1.29, 1.82) is 0 Å². The fraction of sp³-hybridized carbons (Fsp3) is 0.444. The molecular weight excluding hydrogens is 437 g/mol. The van der Waals surface area contributed by atoms with Crippen LogP contribution in [0.4, 0.5) is 24.7 Å². The summed E-state index contributed by atoms with van der Waals surface area (Å²) >= 11 is 0. The van der Waals surface area contributed by atoms with Crippen LogP contribution in [0.5, 0.6) is 0 Å². The van der Waals surface area contributed by atoms with Gasteiger partial charge in [-0.05, 0) is 61.4 Å². The second-order valence-corrected chi connectivity index (χ2v) is 9.55. The lowest BCUT2D eigenvalue weighted by molar-refractivity contribution is -0.137. The van der Waals surface area contributed by atoms with E-state index in [2.05, 4.69) is 38.7 Å². The fourth-order valence-corrected chi connectivity index (χ4v) is 5.37. The lowest BCUT2D eigenvalue weighted by Crippen LogP contribution is -2.55. The highest BCUT2D eigenvalue weighted by atomic mass is 19.4. The van der Waals surface area contributed by atoms with Crippen molar-refractivity contribution >= 4 is 22.3 Å². The Bertz CT molecular complexity index is 1100. The molecule has 3 atom stereocenters. The molecule has 7 heteroatoms. The summed E-state index contributed by atoms with van der Waals surface area (Å²) in [5.41, 5.74) is 0.263. The van der Waals surface area contributed by atoms with Crippen molar-refractivity contribution in [3.8, 4) is 0 Å². The van der Waals surface area contributed by atoms with E-state index >= 15 is 0 Å². The molecule has 1 saturated carbocycles. The average Bonchev–Trinajstić information content (AvgIpc) is 2.85. The average molecular weight is 469 g/mol. The van der Waals surface area contributed by atoms with Gasteiger partial charge in [-0.3, -0.25) is 0 Å². The minimum absolute atomic E-state index is 0.309. The number of nitrogens with zero attached hydrogens (tertiary/aromatic N) is 2. The number of halogens is 3. The van der Waals surface area contributed by atoms with E-state index in [0.29, 0.717) is 18.1 Å². The second-order valence-electron chi connectivity index (χ2n) is 9.55. The highest BCUT2D eigenvalue weighted by Crippen LogP contribution is 2.31. The Morgan fingerprint density at radius 2 is 1.59 bits per heavy atom. The number of alkyl halides is 3. The van der Waals surface area contributed by atoms with Gasteiger partial charge in [-0.1, -0.05) is 37.1 Å². The molecule has 4 nitrogen and oxygen atoms in total. The zero-order valence-corrected chi connectivity index (χ0v) is 19.2. The van der Waals surface area contributed by atoms with Crippen LogP contribution in [-0.2, 0) is 6.18 Å². The molecule has 180 valence electrons. The van der Waals surface area contributed by atoms with Gasteiger partial charge in [-0.2, -0.15) is 13.2 Å². The van der Waals surface area contributed by atoms with Crippen molar-refractivity contribution in [2.75, 3.05) is 23.3 Å². The van der Waals surface area contributed by atoms with Crippen molar-refractivity contribution in [2.24, 2.45) is 0 Å². The molecule has 2 N–H and O–H groups in total. The van der Waals surface area contributed by atoms with Crippen LogP contribution in [0.1, 0.15) is 44.1 Å². The first-order chi connectivity index (χ1) is 16.5. The van der Waals surface area contributed by atoms with Gasteiger partial charge in [0.15, 0.2) is 0 Å². The van der Waals surface area contributed by atoms with Gasteiger partial charge in [-0.15, -0.1) is 0 Å². The molecule has 1 aliphatic carbocycles. The number of fused-ring (bicyclic) bond motifs is 1. The smallest absolute Gasteiger partial charge is 0.370 e. The molecule has 2 aromatic carbocycles. The Balaban J connectivity index is 1.23. The van der Waals surface area contributed by atoms with Crippen molar-refractivity contribution < 1.29 is 13.2 Å². The van der Waals surface area contributed by atoms with Gasteiger partial charge in [0, 0.05) is 48.5 Å². The minimum atomic E-state index is -4.30. The highest BCUT2D eigenvalue weighted by Gasteiger charge is 2.31. The standard InChI is InChI=1S/C27H31F3N4/c28-27(29,30)21-11-13-23(14-12-21)34-15-5-8-22(18-34)32-24-9-3-4-10-25(24)33-26-16-19-6-1-2-7-20(19)17-31-26/h1-2,6-7,11-14,16-17,22,24-25,32H,3-5,8-10,15,18H2,(H,31,33)/t22-,24+,25+/m0/s1. The van der Waals surface area contributed by atoms with Crippen molar-refractivity contribution in [3.63, 3.8) is 0 Å². The quantitative estimate of drug-likeness (QED) is 0.465. The third-order valence-electron chi connectivity index (χ3n) is 7.16. The molecule has 0 unspecified atom stereocenters. The fourth-order valence-electron chi connectivity index (χ4n) is 5.37. The number of pyridine rings is 1. The maximum atomic E-state index is 12.9. The third-order valence-corrected chi connectivity index (χ3v) is 7.16. The molecule has 2 heterocycles. The molecule has 0 amide bonds. The van der Waals surface area contributed by atoms with E-state index in [4.69, 9.17) is 0 Å². The predicted octanol–water partition coefficient (Wildman–Crippen LogP) is 6.24.